The number of nitrogen functional groups attached to an aromatic ring is 1. The number of amides is 1. The van der Waals surface area contributed by atoms with Gasteiger partial charge in [-0.15, -0.1) is 0 Å². The molecule has 1 heterocycles. The molecular weight excluding hydrogens is 374 g/mol. The number of nitrogens with two attached hydrogens (primary N) is 1. The molecule has 1 saturated heterocycles. The summed E-state index contributed by atoms with van der Waals surface area (Å²) in [4.78, 5) is 15.3. The Morgan fingerprint density at radius 1 is 1.29 bits per heavy atom. The Kier molecular flexibility index (Phi) is 6.81. The molecule has 28 heavy (non-hydrogen) atoms. The predicted molar refractivity (Wildman–Crippen MR) is 114 cm³/mol. The van der Waals surface area contributed by atoms with Crippen molar-refractivity contribution in [3.8, 4) is 5.75 Å². The Balaban J connectivity index is 1.60. The van der Waals surface area contributed by atoms with Crippen LogP contribution in [0, 0.1) is 0 Å². The molecule has 0 saturated carbocycles. The first-order chi connectivity index (χ1) is 13.5. The largest absolute Gasteiger partial charge is 0.493 e. The van der Waals surface area contributed by atoms with Gasteiger partial charge in [0.1, 0.15) is 5.75 Å². The van der Waals surface area contributed by atoms with Gasteiger partial charge >= 0.3 is 0 Å². The third kappa shape index (κ3) is 4.78. The summed E-state index contributed by atoms with van der Waals surface area (Å²) in [6.07, 6.45) is 1.82. The van der Waals surface area contributed by atoms with Gasteiger partial charge in [-0.25, -0.2) is 0 Å². The maximum absolute atomic E-state index is 12.8. The monoisotopic (exact) mass is 401 g/mol. The van der Waals surface area contributed by atoms with Gasteiger partial charge in [-0.05, 0) is 38.3 Å². The first-order valence-electron chi connectivity index (χ1n) is 9.81. The molecule has 1 atom stereocenters. The predicted octanol–water partition coefficient (Wildman–Crippen LogP) is 4.28. The fourth-order valence-electron chi connectivity index (χ4n) is 3.66. The molecule has 1 amide bonds. The van der Waals surface area contributed by atoms with Gasteiger partial charge in [-0.1, -0.05) is 41.9 Å². The molecule has 5 nitrogen and oxygen atoms in total. The van der Waals surface area contributed by atoms with Crippen molar-refractivity contribution >= 4 is 23.2 Å². The summed E-state index contributed by atoms with van der Waals surface area (Å²) >= 11 is 6.12. The molecule has 0 bridgehead atoms. The van der Waals surface area contributed by atoms with E-state index in [1.54, 1.807) is 12.1 Å². The van der Waals surface area contributed by atoms with Gasteiger partial charge in [0, 0.05) is 31.2 Å². The van der Waals surface area contributed by atoms with Gasteiger partial charge < -0.3 is 15.8 Å². The minimum Gasteiger partial charge on any atom is -0.493 e. The summed E-state index contributed by atoms with van der Waals surface area (Å²) in [6, 6.07) is 14.2. The molecule has 1 fully saturated rings. The second-order valence-electron chi connectivity index (χ2n) is 7.17. The van der Waals surface area contributed by atoms with Crippen LogP contribution >= 0.6 is 11.6 Å². The summed E-state index contributed by atoms with van der Waals surface area (Å²) in [5, 5.41) is 3.50. The average Bonchev–Trinajstić information content (AvgIpc) is 2.71. The topological polar surface area (TPSA) is 67.6 Å². The van der Waals surface area contributed by atoms with Crippen LogP contribution in [0.5, 0.6) is 5.75 Å². The highest BCUT2D eigenvalue weighted by Gasteiger charge is 2.25. The molecule has 3 rings (SSSR count). The fourth-order valence-corrected chi connectivity index (χ4v) is 3.82. The average molecular weight is 402 g/mol. The number of hydrogen-bond donors (Lipinski definition) is 2. The number of benzene rings is 2. The van der Waals surface area contributed by atoms with Gasteiger partial charge in [-0.2, -0.15) is 0 Å². The van der Waals surface area contributed by atoms with E-state index in [0.29, 0.717) is 34.7 Å². The van der Waals surface area contributed by atoms with Crippen molar-refractivity contribution in [2.75, 3.05) is 25.4 Å². The maximum Gasteiger partial charge on any atom is 0.255 e. The van der Waals surface area contributed by atoms with Crippen molar-refractivity contribution in [2.24, 2.45) is 0 Å². The second-order valence-corrected chi connectivity index (χ2v) is 7.58. The summed E-state index contributed by atoms with van der Waals surface area (Å²) in [7, 11) is 0. The molecule has 3 N–H and O–H groups in total. The lowest BCUT2D eigenvalue weighted by Crippen LogP contribution is -2.45. The van der Waals surface area contributed by atoms with E-state index in [1.807, 2.05) is 13.0 Å². The number of anilines is 1. The Hall–Kier alpha value is -2.24. The summed E-state index contributed by atoms with van der Waals surface area (Å²) < 4.78 is 5.57. The van der Waals surface area contributed by atoms with Crippen LogP contribution in [-0.4, -0.2) is 36.5 Å². The van der Waals surface area contributed by atoms with Crippen LogP contribution in [0.15, 0.2) is 42.5 Å². The zero-order chi connectivity index (χ0) is 20.1. The molecule has 1 unspecified atom stereocenters. The van der Waals surface area contributed by atoms with Gasteiger partial charge in [0.2, 0.25) is 0 Å². The van der Waals surface area contributed by atoms with Crippen LogP contribution in [0.3, 0.4) is 0 Å². The number of rotatable bonds is 6. The highest BCUT2D eigenvalue weighted by molar-refractivity contribution is 6.33. The zero-order valence-electron chi connectivity index (χ0n) is 16.5. The van der Waals surface area contributed by atoms with Crippen LogP contribution in [0.25, 0.3) is 0 Å². The van der Waals surface area contributed by atoms with Crippen molar-refractivity contribution in [1.82, 2.24) is 10.2 Å². The number of hydrogen-bond acceptors (Lipinski definition) is 4. The third-order valence-corrected chi connectivity index (χ3v) is 5.67. The molecule has 0 radical (unpaired) electrons. The summed E-state index contributed by atoms with van der Waals surface area (Å²) in [5.41, 5.74) is 8.01. The quantitative estimate of drug-likeness (QED) is 0.709. The molecule has 0 aromatic heterocycles. The van der Waals surface area contributed by atoms with Crippen molar-refractivity contribution in [2.45, 2.75) is 38.8 Å². The van der Waals surface area contributed by atoms with E-state index in [1.165, 1.54) is 5.56 Å². The molecule has 1 aliphatic rings. The summed E-state index contributed by atoms with van der Waals surface area (Å²) in [5.74, 6) is 0.303. The van der Waals surface area contributed by atoms with E-state index in [4.69, 9.17) is 22.1 Å². The SMILES string of the molecule is CCOc1cc(N)c(Cl)cc1C(=O)NC1CCN(C(C)c2ccccc2)CC1. The lowest BCUT2D eigenvalue weighted by atomic mass is 10.00. The maximum atomic E-state index is 12.8. The lowest BCUT2D eigenvalue weighted by Gasteiger charge is -2.36. The first kappa shape index (κ1) is 20.5. The fraction of sp³-hybridized carbons (Fsp3) is 0.409. The Morgan fingerprint density at radius 2 is 1.96 bits per heavy atom. The number of nitrogens with zero attached hydrogens (tertiary/aromatic N) is 1. The van der Waals surface area contributed by atoms with Gasteiger partial charge in [0.25, 0.3) is 5.91 Å². The Bertz CT molecular complexity index is 805. The number of ether oxygens (including phenoxy) is 1. The number of nitrogens with one attached hydrogen (secondary N) is 1. The van der Waals surface area contributed by atoms with Crippen LogP contribution in [-0.2, 0) is 0 Å². The molecule has 2 aromatic rings. The van der Waals surface area contributed by atoms with Crippen LogP contribution < -0.4 is 15.8 Å². The highest BCUT2D eigenvalue weighted by Crippen LogP contribution is 2.30. The van der Waals surface area contributed by atoms with E-state index in [2.05, 4.69) is 41.4 Å². The Morgan fingerprint density at radius 3 is 2.61 bits per heavy atom. The second kappa shape index (κ2) is 9.30. The van der Waals surface area contributed by atoms with Crippen LogP contribution in [0.2, 0.25) is 5.02 Å². The number of carbonyl (C=O) groups is 1. The van der Waals surface area contributed by atoms with E-state index in [0.717, 1.165) is 25.9 Å². The van der Waals surface area contributed by atoms with Crippen molar-refractivity contribution in [3.63, 3.8) is 0 Å². The van der Waals surface area contributed by atoms with Crippen LogP contribution in [0.1, 0.15) is 48.7 Å². The molecule has 6 heteroatoms. The lowest BCUT2D eigenvalue weighted by molar-refractivity contribution is 0.0892. The van der Waals surface area contributed by atoms with E-state index in [9.17, 15) is 4.79 Å². The number of carbonyl (C=O) groups excluding carboxylic acids is 1. The molecule has 2 aromatic carbocycles. The minimum absolute atomic E-state index is 0.137. The highest BCUT2D eigenvalue weighted by atomic mass is 35.5. The standard InChI is InChI=1S/C22H28ClN3O2/c1-3-28-21-14-20(24)19(23)13-18(21)22(27)25-17-9-11-26(12-10-17)15(2)16-7-5-4-6-8-16/h4-8,13-15,17H,3,9-12,24H2,1-2H3,(H,25,27). The zero-order valence-corrected chi connectivity index (χ0v) is 17.2. The normalized spacial score (nSPS) is 16.5. The number of piperidine rings is 1. The molecule has 1 aliphatic heterocycles. The Labute approximate surface area is 171 Å². The third-order valence-electron chi connectivity index (χ3n) is 5.34. The number of likely N-dealkylation sites (tertiary alicyclic amines) is 1. The van der Waals surface area contributed by atoms with Crippen molar-refractivity contribution in [3.05, 3.63) is 58.6 Å². The van der Waals surface area contributed by atoms with Gasteiger partial charge in [0.05, 0.1) is 22.9 Å². The first-order valence-corrected chi connectivity index (χ1v) is 10.2. The summed E-state index contributed by atoms with van der Waals surface area (Å²) in [6.45, 7) is 6.45. The van der Waals surface area contributed by atoms with Crippen molar-refractivity contribution in [1.29, 1.82) is 0 Å². The molecular formula is C22H28ClN3O2. The number of halogens is 1. The smallest absolute Gasteiger partial charge is 0.255 e. The molecule has 150 valence electrons. The van der Waals surface area contributed by atoms with E-state index >= 15 is 0 Å². The van der Waals surface area contributed by atoms with Crippen molar-refractivity contribution < 1.29 is 9.53 Å². The van der Waals surface area contributed by atoms with E-state index < -0.39 is 0 Å². The minimum atomic E-state index is -0.167. The van der Waals surface area contributed by atoms with Crippen LogP contribution in [0.4, 0.5) is 5.69 Å². The molecule has 0 spiro atoms. The van der Waals surface area contributed by atoms with Gasteiger partial charge in [-0.3, -0.25) is 9.69 Å². The van der Waals surface area contributed by atoms with Gasteiger partial charge in [0.15, 0.2) is 0 Å². The van der Waals surface area contributed by atoms with E-state index in [-0.39, 0.29) is 11.9 Å². The molecule has 0 aliphatic carbocycles.